The quantitative estimate of drug-likeness (QED) is 0.896. The van der Waals surface area contributed by atoms with Crippen molar-refractivity contribution in [1.82, 2.24) is 5.32 Å². The molecule has 23 heavy (non-hydrogen) atoms. The highest BCUT2D eigenvalue weighted by Gasteiger charge is 2.35. The van der Waals surface area contributed by atoms with Crippen molar-refractivity contribution >= 4 is 17.4 Å². The van der Waals surface area contributed by atoms with Gasteiger partial charge in [-0.15, -0.1) is 0 Å². The number of ether oxygens (including phenoxy) is 1. The van der Waals surface area contributed by atoms with Gasteiger partial charge in [0.1, 0.15) is 5.75 Å². The molecule has 0 saturated carbocycles. The molecule has 0 radical (unpaired) electrons. The van der Waals surface area contributed by atoms with E-state index in [1.54, 1.807) is 19.2 Å². The van der Waals surface area contributed by atoms with Crippen LogP contribution in [0.2, 0.25) is 5.02 Å². The van der Waals surface area contributed by atoms with Crippen molar-refractivity contribution in [1.29, 1.82) is 5.26 Å². The second-order valence-electron chi connectivity index (χ2n) is 5.77. The molecule has 0 aromatic heterocycles. The van der Waals surface area contributed by atoms with E-state index in [0.29, 0.717) is 28.3 Å². The van der Waals surface area contributed by atoms with Crippen molar-refractivity contribution in [2.45, 2.75) is 32.1 Å². The van der Waals surface area contributed by atoms with E-state index in [2.05, 4.69) is 11.4 Å². The van der Waals surface area contributed by atoms with E-state index in [9.17, 15) is 10.1 Å². The zero-order chi connectivity index (χ0) is 16.6. The highest BCUT2D eigenvalue weighted by molar-refractivity contribution is 6.32. The molecule has 118 valence electrons. The lowest BCUT2D eigenvalue weighted by atomic mass is 9.75. The fourth-order valence-electron chi connectivity index (χ4n) is 3.33. The molecule has 1 aromatic rings. The third kappa shape index (κ3) is 2.62. The lowest BCUT2D eigenvalue weighted by molar-refractivity contribution is -0.116. The highest BCUT2D eigenvalue weighted by Crippen LogP contribution is 2.43. The van der Waals surface area contributed by atoms with Gasteiger partial charge in [-0.3, -0.25) is 4.79 Å². The first-order valence-electron chi connectivity index (χ1n) is 7.54. The molecule has 0 saturated heterocycles. The van der Waals surface area contributed by atoms with Crippen molar-refractivity contribution in [2.75, 3.05) is 7.11 Å². The first-order chi connectivity index (χ1) is 11.1. The number of hydrogen-bond donors (Lipinski definition) is 1. The number of allylic oxidation sites excluding steroid dienone is 4. The minimum atomic E-state index is -0.354. The van der Waals surface area contributed by atoms with Crippen LogP contribution in [-0.4, -0.2) is 12.9 Å². The molecule has 0 unspecified atom stereocenters. The number of benzene rings is 1. The largest absolute Gasteiger partial charge is 0.495 e. The Morgan fingerprint density at radius 1 is 1.39 bits per heavy atom. The van der Waals surface area contributed by atoms with Gasteiger partial charge >= 0.3 is 0 Å². The Kier molecular flexibility index (Phi) is 4.14. The number of carbonyl (C=O) groups excluding carboxylic acids is 1. The van der Waals surface area contributed by atoms with Crippen molar-refractivity contribution in [2.24, 2.45) is 0 Å². The molecule has 1 aromatic carbocycles. The molecular formula is C18H17ClN2O2. The number of halogens is 1. The molecule has 0 fully saturated rings. The summed E-state index contributed by atoms with van der Waals surface area (Å²) in [5.41, 5.74) is 3.86. The number of hydrogen-bond acceptors (Lipinski definition) is 4. The van der Waals surface area contributed by atoms with Crippen LogP contribution in [0.25, 0.3) is 0 Å². The third-order valence-corrected chi connectivity index (χ3v) is 4.70. The van der Waals surface area contributed by atoms with Crippen LogP contribution in [0, 0.1) is 11.3 Å². The van der Waals surface area contributed by atoms with Gasteiger partial charge < -0.3 is 10.1 Å². The van der Waals surface area contributed by atoms with E-state index in [4.69, 9.17) is 16.3 Å². The lowest BCUT2D eigenvalue weighted by Gasteiger charge is -2.32. The molecule has 0 amide bonds. The molecule has 0 spiro atoms. The lowest BCUT2D eigenvalue weighted by Crippen LogP contribution is -2.31. The summed E-state index contributed by atoms with van der Waals surface area (Å²) in [6.07, 6.45) is 2.20. The first-order valence-corrected chi connectivity index (χ1v) is 7.92. The van der Waals surface area contributed by atoms with E-state index in [0.717, 1.165) is 29.8 Å². The van der Waals surface area contributed by atoms with Crippen LogP contribution in [0.5, 0.6) is 5.75 Å². The molecule has 2 aliphatic rings. The van der Waals surface area contributed by atoms with E-state index >= 15 is 0 Å². The van der Waals surface area contributed by atoms with Crippen molar-refractivity contribution in [3.63, 3.8) is 0 Å². The minimum Gasteiger partial charge on any atom is -0.495 e. The maximum absolute atomic E-state index is 12.5. The Morgan fingerprint density at radius 3 is 2.83 bits per heavy atom. The van der Waals surface area contributed by atoms with Crippen LogP contribution < -0.4 is 10.1 Å². The first kappa shape index (κ1) is 15.6. The number of ketones is 1. The Hall–Kier alpha value is -2.25. The Balaban J connectivity index is 2.17. The van der Waals surface area contributed by atoms with Crippen molar-refractivity contribution in [3.05, 3.63) is 51.3 Å². The zero-order valence-corrected chi connectivity index (χ0v) is 13.8. The molecule has 4 nitrogen and oxygen atoms in total. The van der Waals surface area contributed by atoms with Gasteiger partial charge in [0.25, 0.3) is 0 Å². The maximum Gasteiger partial charge on any atom is 0.161 e. The van der Waals surface area contributed by atoms with Gasteiger partial charge in [0.2, 0.25) is 0 Å². The number of nitrogens with zero attached hydrogens (tertiary/aromatic N) is 1. The van der Waals surface area contributed by atoms with Gasteiger partial charge in [-0.1, -0.05) is 17.7 Å². The number of carbonyl (C=O) groups is 1. The topological polar surface area (TPSA) is 62.1 Å². The highest BCUT2D eigenvalue weighted by atomic mass is 35.5. The summed E-state index contributed by atoms with van der Waals surface area (Å²) < 4.78 is 5.19. The summed E-state index contributed by atoms with van der Waals surface area (Å²) in [4.78, 5) is 12.5. The number of dihydropyridines is 1. The van der Waals surface area contributed by atoms with Gasteiger partial charge in [0, 0.05) is 23.4 Å². The Labute approximate surface area is 140 Å². The molecule has 0 bridgehead atoms. The molecule has 1 aliphatic carbocycles. The third-order valence-electron chi connectivity index (χ3n) is 4.41. The molecule has 3 rings (SSSR count). The van der Waals surface area contributed by atoms with Crippen molar-refractivity contribution < 1.29 is 9.53 Å². The van der Waals surface area contributed by atoms with Gasteiger partial charge in [0.05, 0.1) is 29.7 Å². The molecule has 1 aliphatic heterocycles. The van der Waals surface area contributed by atoms with Gasteiger partial charge in [-0.2, -0.15) is 5.26 Å². The normalized spacial score (nSPS) is 20.8. The standard InChI is InChI=1S/C18H17ClN2O2/c1-10-12(9-20)17(11-6-7-16(23-2)13(19)8-11)18-14(21-10)4-3-5-15(18)22/h6-8,17,21H,3-5H2,1-2H3/t17-/m0/s1. The predicted octanol–water partition coefficient (Wildman–Crippen LogP) is 3.84. The molecule has 5 heteroatoms. The summed E-state index contributed by atoms with van der Waals surface area (Å²) in [5, 5.41) is 13.3. The number of rotatable bonds is 2. The van der Waals surface area contributed by atoms with Crippen LogP contribution in [0.3, 0.4) is 0 Å². The summed E-state index contributed by atoms with van der Waals surface area (Å²) in [6, 6.07) is 7.69. The van der Waals surface area contributed by atoms with E-state index in [1.807, 2.05) is 13.0 Å². The fourth-order valence-corrected chi connectivity index (χ4v) is 3.59. The monoisotopic (exact) mass is 328 g/mol. The minimum absolute atomic E-state index is 0.107. The number of methoxy groups -OCH3 is 1. The number of nitrogens with one attached hydrogen (secondary N) is 1. The predicted molar refractivity (Wildman–Crippen MR) is 88.1 cm³/mol. The van der Waals surface area contributed by atoms with Crippen LogP contribution in [0.4, 0.5) is 0 Å². The van der Waals surface area contributed by atoms with E-state index < -0.39 is 0 Å². The maximum atomic E-state index is 12.5. The van der Waals surface area contributed by atoms with E-state index in [1.165, 1.54) is 0 Å². The Bertz CT molecular complexity index is 787. The number of nitriles is 1. The van der Waals surface area contributed by atoms with Gasteiger partial charge in [0.15, 0.2) is 5.78 Å². The summed E-state index contributed by atoms with van der Waals surface area (Å²) >= 11 is 6.25. The Morgan fingerprint density at radius 2 is 2.17 bits per heavy atom. The average molecular weight is 329 g/mol. The van der Waals surface area contributed by atoms with Crippen LogP contribution in [0.15, 0.2) is 40.7 Å². The van der Waals surface area contributed by atoms with Gasteiger partial charge in [-0.25, -0.2) is 0 Å². The van der Waals surface area contributed by atoms with Crippen LogP contribution >= 0.6 is 11.6 Å². The summed E-state index contributed by atoms with van der Waals surface area (Å²) in [5.74, 6) is 0.330. The smallest absolute Gasteiger partial charge is 0.161 e. The second kappa shape index (κ2) is 6.10. The van der Waals surface area contributed by atoms with Crippen LogP contribution in [-0.2, 0) is 4.79 Å². The second-order valence-corrected chi connectivity index (χ2v) is 6.18. The van der Waals surface area contributed by atoms with Crippen LogP contribution in [0.1, 0.15) is 37.7 Å². The summed E-state index contributed by atoms with van der Waals surface area (Å²) in [6.45, 7) is 1.87. The molecule has 1 atom stereocenters. The molecule has 1 N–H and O–H groups in total. The number of Topliss-reactive ketones (excluding diaryl/α,β-unsaturated/α-hetero) is 1. The fraction of sp³-hybridized carbons (Fsp3) is 0.333. The van der Waals surface area contributed by atoms with Gasteiger partial charge in [-0.05, 0) is 37.5 Å². The molecular weight excluding hydrogens is 312 g/mol. The SMILES string of the molecule is COc1ccc([C@H]2C(C#N)=C(C)NC3=C2C(=O)CCC3)cc1Cl. The van der Waals surface area contributed by atoms with E-state index in [-0.39, 0.29) is 11.7 Å². The summed E-state index contributed by atoms with van der Waals surface area (Å²) in [7, 11) is 1.56. The van der Waals surface area contributed by atoms with Crippen molar-refractivity contribution in [3.8, 4) is 11.8 Å². The molecule has 1 heterocycles. The zero-order valence-electron chi connectivity index (χ0n) is 13.1. The average Bonchev–Trinajstić information content (AvgIpc) is 2.53.